The minimum absolute atomic E-state index is 0.482. The van der Waals surface area contributed by atoms with E-state index in [1.807, 2.05) is 0 Å². The topological polar surface area (TPSA) is 96.0 Å². The van der Waals surface area contributed by atoms with Crippen molar-refractivity contribution in [2.75, 3.05) is 0 Å². The van der Waals surface area contributed by atoms with Crippen LogP contribution in [-0.2, 0) is 16.2 Å². The lowest BCUT2D eigenvalue weighted by atomic mass is 10.2. The van der Waals surface area contributed by atoms with Crippen LogP contribution in [0.5, 0.6) is 0 Å². The van der Waals surface area contributed by atoms with Gasteiger partial charge in [0, 0.05) is 0 Å². The average molecular weight is 302 g/mol. The molecule has 0 aliphatic heterocycles. The van der Waals surface area contributed by atoms with Gasteiger partial charge in [0.2, 0.25) is 0 Å². The Morgan fingerprint density at radius 1 is 1.39 bits per heavy atom. The summed E-state index contributed by atoms with van der Waals surface area (Å²) in [5, 5.41) is 6.16. The van der Waals surface area contributed by atoms with Gasteiger partial charge in [-0.25, -0.2) is 13.1 Å². The number of rotatable bonds is 2. The summed E-state index contributed by atoms with van der Waals surface area (Å²) in [6.07, 6.45) is -4.63. The molecule has 4 N–H and O–H groups in total. The second kappa shape index (κ2) is 4.65. The van der Waals surface area contributed by atoms with Crippen molar-refractivity contribution >= 4 is 27.6 Å². The molecule has 1 aromatic carbocycles. The minimum Gasteiger partial charge on any atom is -0.369 e. The fourth-order valence-corrected chi connectivity index (χ4v) is 2.54. The maximum absolute atomic E-state index is 12.3. The molecule has 0 amide bonds. The Bertz CT molecular complexity index is 586. The smallest absolute Gasteiger partial charge is 0.369 e. The van der Waals surface area contributed by atoms with Crippen LogP contribution in [0, 0.1) is 5.41 Å². The molecular weight excluding hydrogens is 295 g/mol. The zero-order valence-electron chi connectivity index (χ0n) is 8.55. The Hall–Kier alpha value is -1.48. The highest BCUT2D eigenvalue weighted by Gasteiger charge is 2.32. The van der Waals surface area contributed by atoms with Crippen LogP contribution in [-0.4, -0.2) is 14.4 Å². The molecule has 0 radical (unpaired) electrons. The Kier molecular flexibility index (Phi) is 3.77. The van der Waals surface area contributed by atoms with Crippen LogP contribution in [0.2, 0.25) is 5.02 Å². The van der Waals surface area contributed by atoms with E-state index in [9.17, 15) is 21.6 Å². The molecule has 5 nitrogen and oxygen atoms in total. The fraction of sp³-hybridized carbons (Fsp3) is 0.125. The van der Waals surface area contributed by atoms with E-state index in [4.69, 9.17) is 22.7 Å². The lowest BCUT2D eigenvalue weighted by molar-refractivity contribution is -0.137. The summed E-state index contributed by atoms with van der Waals surface area (Å²) in [5.74, 6) is -0.869. The number of hydrogen-bond donors (Lipinski definition) is 3. The first-order chi connectivity index (χ1) is 8.04. The van der Waals surface area contributed by atoms with Gasteiger partial charge in [0.05, 0.1) is 10.6 Å². The van der Waals surface area contributed by atoms with Gasteiger partial charge in [0.15, 0.2) is 5.96 Å². The summed E-state index contributed by atoms with van der Waals surface area (Å²) in [5.41, 5.74) is 3.76. The molecule has 10 heteroatoms. The van der Waals surface area contributed by atoms with E-state index in [0.29, 0.717) is 18.2 Å². The van der Waals surface area contributed by atoms with Gasteiger partial charge in [-0.2, -0.15) is 13.2 Å². The number of nitrogens with two attached hydrogens (primary N) is 1. The van der Waals surface area contributed by atoms with Gasteiger partial charge in [-0.1, -0.05) is 11.6 Å². The van der Waals surface area contributed by atoms with Crippen LogP contribution in [0.1, 0.15) is 5.56 Å². The summed E-state index contributed by atoms with van der Waals surface area (Å²) in [6, 6.07) is 1.74. The Morgan fingerprint density at radius 3 is 2.33 bits per heavy atom. The average Bonchev–Trinajstić information content (AvgIpc) is 2.13. The molecule has 0 aromatic heterocycles. The number of benzene rings is 1. The molecule has 0 saturated carbocycles. The molecule has 0 spiro atoms. The Labute approximate surface area is 105 Å². The summed E-state index contributed by atoms with van der Waals surface area (Å²) in [4.78, 5) is -0.590. The predicted molar refractivity (Wildman–Crippen MR) is 58.7 cm³/mol. The van der Waals surface area contributed by atoms with Gasteiger partial charge in [-0.15, -0.1) is 0 Å². The molecule has 100 valence electrons. The number of halogens is 4. The highest BCUT2D eigenvalue weighted by molar-refractivity contribution is 7.90. The SMILES string of the molecule is N=C(N)NS(=O)(=O)c1ccc(C(F)(F)F)cc1Cl. The van der Waals surface area contributed by atoms with E-state index in [2.05, 4.69) is 0 Å². The Morgan fingerprint density at radius 2 is 1.94 bits per heavy atom. The van der Waals surface area contributed by atoms with Crippen LogP contribution >= 0.6 is 11.6 Å². The van der Waals surface area contributed by atoms with E-state index in [1.165, 1.54) is 0 Å². The van der Waals surface area contributed by atoms with Gasteiger partial charge in [0.1, 0.15) is 4.90 Å². The molecule has 1 rings (SSSR count). The molecule has 0 unspecified atom stereocenters. The third-order valence-electron chi connectivity index (χ3n) is 1.79. The van der Waals surface area contributed by atoms with Gasteiger partial charge in [0.25, 0.3) is 10.0 Å². The molecule has 0 atom stereocenters. The third-order valence-corrected chi connectivity index (χ3v) is 3.64. The molecule has 0 aliphatic rings. The standard InChI is InChI=1S/C8H7ClF3N3O2S/c9-5-3-4(8(10,11)12)1-2-6(5)18(16,17)15-7(13)14/h1-3H,(H4,13,14,15). The second-order valence-electron chi connectivity index (χ2n) is 3.16. The van der Waals surface area contributed by atoms with Gasteiger partial charge in [-0.3, -0.25) is 5.41 Å². The molecule has 0 aliphatic carbocycles. The number of hydrogen-bond acceptors (Lipinski definition) is 3. The van der Waals surface area contributed by atoms with E-state index >= 15 is 0 Å². The van der Waals surface area contributed by atoms with Gasteiger partial charge in [-0.05, 0) is 18.2 Å². The molecule has 18 heavy (non-hydrogen) atoms. The van der Waals surface area contributed by atoms with Crippen molar-refractivity contribution in [2.24, 2.45) is 5.73 Å². The van der Waals surface area contributed by atoms with Crippen LogP contribution in [0.15, 0.2) is 23.1 Å². The largest absolute Gasteiger partial charge is 0.416 e. The number of nitrogens with one attached hydrogen (secondary N) is 2. The van der Waals surface area contributed by atoms with Crippen molar-refractivity contribution in [3.8, 4) is 0 Å². The third kappa shape index (κ3) is 3.26. The monoisotopic (exact) mass is 301 g/mol. The van der Waals surface area contributed by atoms with E-state index in [1.54, 1.807) is 4.72 Å². The number of sulfonamides is 1. The summed E-state index contributed by atoms with van der Waals surface area (Å²) < 4.78 is 61.6. The quantitative estimate of drug-likeness (QED) is 0.571. The normalized spacial score (nSPS) is 12.2. The lowest BCUT2D eigenvalue weighted by Crippen LogP contribution is -2.35. The van der Waals surface area contributed by atoms with Crippen molar-refractivity contribution < 1.29 is 21.6 Å². The molecule has 1 aromatic rings. The molecular formula is C8H7ClF3N3O2S. The zero-order chi connectivity index (χ0) is 14.1. The van der Waals surface area contributed by atoms with Gasteiger partial charge >= 0.3 is 6.18 Å². The highest BCUT2D eigenvalue weighted by Crippen LogP contribution is 2.33. The van der Waals surface area contributed by atoms with Crippen molar-refractivity contribution in [1.29, 1.82) is 5.41 Å². The summed E-state index contributed by atoms with van der Waals surface area (Å²) >= 11 is 5.47. The summed E-state index contributed by atoms with van der Waals surface area (Å²) in [7, 11) is -4.25. The van der Waals surface area contributed by atoms with Gasteiger partial charge < -0.3 is 5.73 Å². The van der Waals surface area contributed by atoms with E-state index in [-0.39, 0.29) is 0 Å². The first-order valence-electron chi connectivity index (χ1n) is 4.27. The van der Waals surface area contributed by atoms with E-state index < -0.39 is 37.6 Å². The van der Waals surface area contributed by atoms with Crippen molar-refractivity contribution in [2.45, 2.75) is 11.1 Å². The summed E-state index contributed by atoms with van der Waals surface area (Å²) in [6.45, 7) is 0. The maximum Gasteiger partial charge on any atom is 0.416 e. The molecule has 0 saturated heterocycles. The first-order valence-corrected chi connectivity index (χ1v) is 6.14. The minimum atomic E-state index is -4.63. The maximum atomic E-state index is 12.3. The predicted octanol–water partition coefficient (Wildman–Crippen LogP) is 1.53. The zero-order valence-corrected chi connectivity index (χ0v) is 10.1. The number of guanidine groups is 1. The number of alkyl halides is 3. The van der Waals surface area contributed by atoms with E-state index in [0.717, 1.165) is 0 Å². The highest BCUT2D eigenvalue weighted by atomic mass is 35.5. The lowest BCUT2D eigenvalue weighted by Gasteiger charge is -2.11. The molecule has 0 heterocycles. The van der Waals surface area contributed by atoms with Crippen LogP contribution in [0.3, 0.4) is 0 Å². The first kappa shape index (κ1) is 14.6. The van der Waals surface area contributed by atoms with Crippen LogP contribution in [0.25, 0.3) is 0 Å². The van der Waals surface area contributed by atoms with Crippen LogP contribution in [0.4, 0.5) is 13.2 Å². The fourth-order valence-electron chi connectivity index (χ4n) is 1.09. The second-order valence-corrected chi connectivity index (χ2v) is 5.22. The van der Waals surface area contributed by atoms with Crippen molar-refractivity contribution in [3.05, 3.63) is 28.8 Å². The van der Waals surface area contributed by atoms with Crippen molar-refractivity contribution in [3.63, 3.8) is 0 Å². The van der Waals surface area contributed by atoms with Crippen molar-refractivity contribution in [1.82, 2.24) is 4.72 Å². The van der Waals surface area contributed by atoms with Crippen LogP contribution < -0.4 is 10.5 Å². The Balaban J connectivity index is 3.26. The molecule has 0 fully saturated rings. The molecule has 0 bridgehead atoms.